The van der Waals surface area contributed by atoms with Gasteiger partial charge in [-0.2, -0.15) is 0 Å². The molecule has 0 aliphatic rings. The standard InChI is InChI=1S/C23H30O5/c1-3-5-7-9-16-11-18(24)14-20(12-16)28-23(27)22-17(10-8-6-4-2)13-19(25)15-21(22)26/h11-15,24-26H,3-10H2,1-2H3. The Hall–Kier alpha value is -2.69. The summed E-state index contributed by atoms with van der Waals surface area (Å²) in [7, 11) is 0. The zero-order valence-electron chi connectivity index (χ0n) is 16.7. The lowest BCUT2D eigenvalue weighted by Gasteiger charge is -2.13. The summed E-state index contributed by atoms with van der Waals surface area (Å²) in [5.74, 6) is -0.816. The summed E-state index contributed by atoms with van der Waals surface area (Å²) in [6.45, 7) is 4.20. The van der Waals surface area contributed by atoms with E-state index in [-0.39, 0.29) is 28.6 Å². The molecule has 0 aliphatic carbocycles. The van der Waals surface area contributed by atoms with Crippen LogP contribution in [0.5, 0.6) is 23.0 Å². The first-order chi connectivity index (χ1) is 13.4. The summed E-state index contributed by atoms with van der Waals surface area (Å²) in [5.41, 5.74) is 1.51. The van der Waals surface area contributed by atoms with Crippen molar-refractivity contribution in [1.82, 2.24) is 0 Å². The highest BCUT2D eigenvalue weighted by Crippen LogP contribution is 2.31. The normalized spacial score (nSPS) is 10.8. The lowest BCUT2D eigenvalue weighted by atomic mass is 10.00. The van der Waals surface area contributed by atoms with E-state index in [9.17, 15) is 20.1 Å². The van der Waals surface area contributed by atoms with Crippen LogP contribution in [0.25, 0.3) is 0 Å². The van der Waals surface area contributed by atoms with Gasteiger partial charge in [0.25, 0.3) is 0 Å². The number of hydrogen-bond donors (Lipinski definition) is 3. The third-order valence-electron chi connectivity index (χ3n) is 4.67. The Morgan fingerprint density at radius 3 is 2.14 bits per heavy atom. The van der Waals surface area contributed by atoms with Crippen molar-refractivity contribution in [3.05, 3.63) is 47.0 Å². The van der Waals surface area contributed by atoms with E-state index < -0.39 is 5.97 Å². The molecule has 0 atom stereocenters. The molecule has 0 fully saturated rings. The number of aromatic hydroxyl groups is 3. The minimum atomic E-state index is -0.700. The summed E-state index contributed by atoms with van der Waals surface area (Å²) in [5, 5.41) is 29.9. The van der Waals surface area contributed by atoms with Crippen molar-refractivity contribution in [1.29, 1.82) is 0 Å². The number of rotatable bonds is 10. The zero-order chi connectivity index (χ0) is 20.5. The van der Waals surface area contributed by atoms with Crippen molar-refractivity contribution in [2.75, 3.05) is 0 Å². The van der Waals surface area contributed by atoms with Gasteiger partial charge in [0, 0.05) is 12.1 Å². The van der Waals surface area contributed by atoms with E-state index in [0.717, 1.165) is 56.6 Å². The monoisotopic (exact) mass is 386 g/mol. The summed E-state index contributed by atoms with van der Waals surface area (Å²) < 4.78 is 5.46. The van der Waals surface area contributed by atoms with Crippen molar-refractivity contribution in [2.24, 2.45) is 0 Å². The second-order valence-electron chi connectivity index (χ2n) is 7.14. The molecule has 3 N–H and O–H groups in total. The molecule has 0 bridgehead atoms. The lowest BCUT2D eigenvalue weighted by molar-refractivity contribution is 0.0730. The maximum atomic E-state index is 12.7. The van der Waals surface area contributed by atoms with Crippen molar-refractivity contribution < 1.29 is 24.9 Å². The van der Waals surface area contributed by atoms with Gasteiger partial charge in [-0.1, -0.05) is 39.5 Å². The van der Waals surface area contributed by atoms with Crippen LogP contribution in [0.15, 0.2) is 30.3 Å². The van der Waals surface area contributed by atoms with Crippen LogP contribution in [0.3, 0.4) is 0 Å². The average molecular weight is 386 g/mol. The first kappa shape index (κ1) is 21.6. The van der Waals surface area contributed by atoms with Gasteiger partial charge in [0.05, 0.1) is 0 Å². The van der Waals surface area contributed by atoms with Gasteiger partial charge in [0.2, 0.25) is 0 Å². The second-order valence-corrected chi connectivity index (χ2v) is 7.14. The second kappa shape index (κ2) is 10.6. The van der Waals surface area contributed by atoms with Crippen LogP contribution in [0.2, 0.25) is 0 Å². The number of benzene rings is 2. The minimum Gasteiger partial charge on any atom is -0.508 e. The molecule has 28 heavy (non-hydrogen) atoms. The number of phenolic OH excluding ortho intramolecular Hbond substituents is 3. The van der Waals surface area contributed by atoms with E-state index in [4.69, 9.17) is 4.74 Å². The topological polar surface area (TPSA) is 87.0 Å². The zero-order valence-corrected chi connectivity index (χ0v) is 16.7. The molecule has 5 heteroatoms. The van der Waals surface area contributed by atoms with Gasteiger partial charge >= 0.3 is 5.97 Å². The average Bonchev–Trinajstić information content (AvgIpc) is 2.61. The Morgan fingerprint density at radius 2 is 1.46 bits per heavy atom. The van der Waals surface area contributed by atoms with Crippen LogP contribution in [-0.4, -0.2) is 21.3 Å². The number of ether oxygens (including phenoxy) is 1. The van der Waals surface area contributed by atoms with E-state index in [1.54, 1.807) is 12.1 Å². The molecule has 0 aliphatic heterocycles. The number of esters is 1. The maximum absolute atomic E-state index is 12.7. The Morgan fingerprint density at radius 1 is 0.821 bits per heavy atom. The third kappa shape index (κ3) is 6.19. The molecule has 0 radical (unpaired) electrons. The van der Waals surface area contributed by atoms with E-state index in [0.29, 0.717) is 12.0 Å². The highest BCUT2D eigenvalue weighted by Gasteiger charge is 2.20. The highest BCUT2D eigenvalue weighted by atomic mass is 16.5. The van der Waals surface area contributed by atoms with Gasteiger partial charge in [-0.15, -0.1) is 0 Å². The van der Waals surface area contributed by atoms with Crippen LogP contribution in [0.4, 0.5) is 0 Å². The number of carbonyl (C=O) groups is 1. The fraction of sp³-hybridized carbons (Fsp3) is 0.435. The summed E-state index contributed by atoms with van der Waals surface area (Å²) >= 11 is 0. The minimum absolute atomic E-state index is 0.0369. The van der Waals surface area contributed by atoms with Gasteiger partial charge in [0.1, 0.15) is 28.6 Å². The number of phenols is 3. The molecule has 0 heterocycles. The van der Waals surface area contributed by atoms with Gasteiger partial charge < -0.3 is 20.1 Å². The molecule has 2 aromatic carbocycles. The maximum Gasteiger partial charge on any atom is 0.347 e. The van der Waals surface area contributed by atoms with Gasteiger partial charge in [-0.25, -0.2) is 4.79 Å². The largest absolute Gasteiger partial charge is 0.508 e. The first-order valence-corrected chi connectivity index (χ1v) is 10.0. The molecular weight excluding hydrogens is 356 g/mol. The van der Waals surface area contributed by atoms with Crippen molar-refractivity contribution in [2.45, 2.75) is 65.2 Å². The van der Waals surface area contributed by atoms with Crippen LogP contribution in [0.1, 0.15) is 73.9 Å². The smallest absolute Gasteiger partial charge is 0.347 e. The van der Waals surface area contributed by atoms with E-state index in [2.05, 4.69) is 13.8 Å². The molecule has 0 amide bonds. The fourth-order valence-corrected chi connectivity index (χ4v) is 3.25. The van der Waals surface area contributed by atoms with Crippen LogP contribution in [-0.2, 0) is 12.8 Å². The van der Waals surface area contributed by atoms with Crippen LogP contribution >= 0.6 is 0 Å². The van der Waals surface area contributed by atoms with Crippen LogP contribution < -0.4 is 4.74 Å². The molecule has 0 saturated carbocycles. The number of carbonyl (C=O) groups excluding carboxylic acids is 1. The molecule has 5 nitrogen and oxygen atoms in total. The van der Waals surface area contributed by atoms with Gasteiger partial charge in [-0.3, -0.25) is 0 Å². The predicted octanol–water partition coefficient (Wildman–Crippen LogP) is 5.49. The first-order valence-electron chi connectivity index (χ1n) is 10.0. The Labute approximate surface area is 166 Å². The molecule has 0 saturated heterocycles. The SMILES string of the molecule is CCCCCc1cc(O)cc(OC(=O)c2c(O)cc(O)cc2CCCCC)c1. The van der Waals surface area contributed by atoms with Gasteiger partial charge in [-0.05, 0) is 55.0 Å². The molecule has 152 valence electrons. The van der Waals surface area contributed by atoms with Crippen molar-refractivity contribution in [3.63, 3.8) is 0 Å². The summed E-state index contributed by atoms with van der Waals surface area (Å²) in [4.78, 5) is 12.7. The molecule has 0 spiro atoms. The van der Waals surface area contributed by atoms with Gasteiger partial charge in [0.15, 0.2) is 0 Å². The van der Waals surface area contributed by atoms with E-state index in [1.807, 2.05) is 0 Å². The lowest BCUT2D eigenvalue weighted by Crippen LogP contribution is -2.12. The molecule has 2 rings (SSSR count). The number of aryl methyl sites for hydroxylation is 2. The van der Waals surface area contributed by atoms with E-state index >= 15 is 0 Å². The molecule has 2 aromatic rings. The fourth-order valence-electron chi connectivity index (χ4n) is 3.25. The molecule has 0 unspecified atom stereocenters. The van der Waals surface area contributed by atoms with Crippen LogP contribution in [0, 0.1) is 0 Å². The molecule has 0 aromatic heterocycles. The Bertz CT molecular complexity index is 798. The summed E-state index contributed by atoms with van der Waals surface area (Å²) in [6, 6.07) is 7.42. The Kier molecular flexibility index (Phi) is 8.18. The predicted molar refractivity (Wildman–Crippen MR) is 109 cm³/mol. The number of unbranched alkanes of at least 4 members (excludes halogenated alkanes) is 4. The Balaban J connectivity index is 2.22. The summed E-state index contributed by atoms with van der Waals surface area (Å²) in [6.07, 6.45) is 7.38. The number of hydrogen-bond acceptors (Lipinski definition) is 5. The van der Waals surface area contributed by atoms with E-state index in [1.165, 1.54) is 12.1 Å². The quantitative estimate of drug-likeness (QED) is 0.286. The van der Waals surface area contributed by atoms with Crippen molar-refractivity contribution >= 4 is 5.97 Å². The van der Waals surface area contributed by atoms with Crippen molar-refractivity contribution in [3.8, 4) is 23.0 Å². The molecular formula is C23H30O5. The highest BCUT2D eigenvalue weighted by molar-refractivity contribution is 5.95. The third-order valence-corrected chi connectivity index (χ3v) is 4.67.